The van der Waals surface area contributed by atoms with Crippen LogP contribution in [0.5, 0.6) is 0 Å². The molecule has 86 valence electrons. The van der Waals surface area contributed by atoms with Gasteiger partial charge in [0, 0.05) is 12.4 Å². The smallest absolute Gasteiger partial charge is 0.425 e. The number of carbonyl (C=O) groups is 1. The Bertz CT molecular complexity index is 488. The van der Waals surface area contributed by atoms with Crippen LogP contribution in [-0.4, -0.2) is 41.9 Å². The molecule has 0 spiro atoms. The highest BCUT2D eigenvalue weighted by Crippen LogP contribution is 2.12. The largest absolute Gasteiger partial charge is 0.447 e. The highest BCUT2D eigenvalue weighted by Gasteiger charge is 2.33. The fraction of sp³-hybridized carbons (Fsp3) is 0.286. The van der Waals surface area contributed by atoms with Gasteiger partial charge in [0.1, 0.15) is 6.61 Å². The molecule has 1 N–H and O–H groups in total. The summed E-state index contributed by atoms with van der Waals surface area (Å²) in [6.07, 6.45) is 3.08. The third kappa shape index (κ3) is 2.03. The molecule has 0 aromatic carbocycles. The van der Waals surface area contributed by atoms with Gasteiger partial charge in [0.2, 0.25) is 0 Å². The molecule has 0 unspecified atom stereocenters. The molecule has 1 saturated heterocycles. The minimum absolute atomic E-state index is 0.00553. The Labute approximate surface area is 91.4 Å². The van der Waals surface area contributed by atoms with Crippen LogP contribution in [0, 0.1) is 0 Å². The SMILES string of the molecule is O=C1OCCN1S(=O)(=O)Nc1cnccn1. The van der Waals surface area contributed by atoms with E-state index in [1.165, 1.54) is 18.6 Å². The van der Waals surface area contributed by atoms with Gasteiger partial charge >= 0.3 is 16.3 Å². The van der Waals surface area contributed by atoms with Crippen LogP contribution in [0.3, 0.4) is 0 Å². The molecule has 2 heterocycles. The fourth-order valence-corrected chi connectivity index (χ4v) is 2.18. The molecule has 0 radical (unpaired) electrons. The van der Waals surface area contributed by atoms with E-state index < -0.39 is 16.3 Å². The van der Waals surface area contributed by atoms with Crippen LogP contribution >= 0.6 is 0 Å². The van der Waals surface area contributed by atoms with Gasteiger partial charge in [0.15, 0.2) is 5.82 Å². The number of hydrogen-bond acceptors (Lipinski definition) is 6. The van der Waals surface area contributed by atoms with Gasteiger partial charge in [0.05, 0.1) is 12.7 Å². The molecule has 8 nitrogen and oxygen atoms in total. The van der Waals surface area contributed by atoms with Crippen LogP contribution in [0.4, 0.5) is 10.6 Å². The van der Waals surface area contributed by atoms with Gasteiger partial charge in [-0.2, -0.15) is 12.7 Å². The summed E-state index contributed by atoms with van der Waals surface area (Å²) in [7, 11) is -3.96. The zero-order chi connectivity index (χ0) is 11.6. The molecule has 9 heteroatoms. The first-order valence-corrected chi connectivity index (χ1v) is 5.77. The van der Waals surface area contributed by atoms with Crippen molar-refractivity contribution in [2.75, 3.05) is 17.9 Å². The number of nitrogens with one attached hydrogen (secondary N) is 1. The van der Waals surface area contributed by atoms with Crippen LogP contribution in [0.1, 0.15) is 0 Å². The van der Waals surface area contributed by atoms with E-state index in [0.717, 1.165) is 0 Å². The second-order valence-corrected chi connectivity index (χ2v) is 4.48. The molecule has 0 saturated carbocycles. The number of ether oxygens (including phenoxy) is 1. The topological polar surface area (TPSA) is 101 Å². The van der Waals surface area contributed by atoms with E-state index in [9.17, 15) is 13.2 Å². The Kier molecular flexibility index (Phi) is 2.60. The molecule has 0 aliphatic carbocycles. The molecule has 1 aromatic rings. The average Bonchev–Trinajstić information content (AvgIpc) is 2.66. The van der Waals surface area contributed by atoms with Crippen molar-refractivity contribution >= 4 is 22.1 Å². The molecule has 0 bridgehead atoms. The van der Waals surface area contributed by atoms with E-state index in [4.69, 9.17) is 0 Å². The van der Waals surface area contributed by atoms with E-state index in [1.807, 2.05) is 0 Å². The highest BCUT2D eigenvalue weighted by atomic mass is 32.2. The van der Waals surface area contributed by atoms with Crippen molar-refractivity contribution in [1.82, 2.24) is 14.3 Å². The molecular weight excluding hydrogens is 236 g/mol. The summed E-state index contributed by atoms with van der Waals surface area (Å²) >= 11 is 0. The van der Waals surface area contributed by atoms with Crippen molar-refractivity contribution in [2.45, 2.75) is 0 Å². The van der Waals surface area contributed by atoms with E-state index in [2.05, 4.69) is 19.4 Å². The number of rotatable bonds is 3. The number of amides is 1. The summed E-state index contributed by atoms with van der Waals surface area (Å²) in [4.78, 5) is 18.5. The quantitative estimate of drug-likeness (QED) is 0.775. The van der Waals surface area contributed by atoms with Gasteiger partial charge in [-0.25, -0.2) is 14.5 Å². The van der Waals surface area contributed by atoms with Crippen LogP contribution < -0.4 is 4.72 Å². The highest BCUT2D eigenvalue weighted by molar-refractivity contribution is 7.90. The Morgan fingerprint density at radius 1 is 1.44 bits per heavy atom. The summed E-state index contributed by atoms with van der Waals surface area (Å²) in [5, 5.41) is 0. The second kappa shape index (κ2) is 3.93. The van der Waals surface area contributed by atoms with Crippen molar-refractivity contribution in [3.63, 3.8) is 0 Å². The Balaban J connectivity index is 2.18. The van der Waals surface area contributed by atoms with Crippen LogP contribution in [0.15, 0.2) is 18.6 Å². The lowest BCUT2D eigenvalue weighted by atomic mass is 10.7. The molecular formula is C7H8N4O4S. The van der Waals surface area contributed by atoms with Crippen molar-refractivity contribution in [3.8, 4) is 0 Å². The van der Waals surface area contributed by atoms with Gasteiger partial charge in [-0.3, -0.25) is 4.98 Å². The van der Waals surface area contributed by atoms with Gasteiger partial charge in [0.25, 0.3) is 0 Å². The number of anilines is 1. The molecule has 1 aromatic heterocycles. The average molecular weight is 244 g/mol. The van der Waals surface area contributed by atoms with Crippen molar-refractivity contribution in [3.05, 3.63) is 18.6 Å². The first-order chi connectivity index (χ1) is 7.59. The monoisotopic (exact) mass is 244 g/mol. The number of nitrogens with zero attached hydrogens (tertiary/aromatic N) is 3. The lowest BCUT2D eigenvalue weighted by Gasteiger charge is -2.13. The van der Waals surface area contributed by atoms with Crippen molar-refractivity contribution in [1.29, 1.82) is 0 Å². The summed E-state index contributed by atoms with van der Waals surface area (Å²) in [5.41, 5.74) is 0. The minimum Gasteiger partial charge on any atom is -0.447 e. The van der Waals surface area contributed by atoms with E-state index in [1.54, 1.807) is 0 Å². The maximum atomic E-state index is 11.7. The van der Waals surface area contributed by atoms with Gasteiger partial charge in [-0.05, 0) is 0 Å². The van der Waals surface area contributed by atoms with Crippen molar-refractivity contribution < 1.29 is 17.9 Å². The summed E-state index contributed by atoms with van der Waals surface area (Å²) < 4.78 is 30.6. The van der Waals surface area contributed by atoms with Crippen LogP contribution in [-0.2, 0) is 14.9 Å². The third-order valence-corrected chi connectivity index (χ3v) is 3.19. The Hall–Kier alpha value is -1.90. The number of aromatic nitrogens is 2. The lowest BCUT2D eigenvalue weighted by molar-refractivity contribution is 0.170. The van der Waals surface area contributed by atoms with Gasteiger partial charge in [-0.1, -0.05) is 0 Å². The summed E-state index contributed by atoms with van der Waals surface area (Å²) in [5.74, 6) is 0.0437. The first kappa shape index (κ1) is 10.6. The fourth-order valence-electron chi connectivity index (χ4n) is 1.14. The predicted octanol–water partition coefficient (Wildman–Crippen LogP) is -0.415. The predicted molar refractivity (Wildman–Crippen MR) is 52.6 cm³/mol. The molecule has 16 heavy (non-hydrogen) atoms. The van der Waals surface area contributed by atoms with Crippen molar-refractivity contribution in [2.24, 2.45) is 0 Å². The minimum atomic E-state index is -3.96. The molecule has 2 rings (SSSR count). The summed E-state index contributed by atoms with van der Waals surface area (Å²) in [6.45, 7) is 0.0502. The lowest BCUT2D eigenvalue weighted by Crippen LogP contribution is -2.36. The molecule has 1 aliphatic heterocycles. The van der Waals surface area contributed by atoms with E-state index in [-0.39, 0.29) is 19.0 Å². The molecule has 0 atom stereocenters. The maximum Gasteiger partial charge on any atom is 0.425 e. The Morgan fingerprint density at radius 3 is 2.81 bits per heavy atom. The third-order valence-electron chi connectivity index (χ3n) is 1.81. The number of cyclic esters (lactones) is 1. The van der Waals surface area contributed by atoms with Gasteiger partial charge in [-0.15, -0.1) is 0 Å². The zero-order valence-corrected chi connectivity index (χ0v) is 8.85. The normalized spacial score (nSPS) is 16.0. The van der Waals surface area contributed by atoms with E-state index >= 15 is 0 Å². The van der Waals surface area contributed by atoms with Gasteiger partial charge < -0.3 is 4.74 Å². The zero-order valence-electron chi connectivity index (χ0n) is 8.03. The maximum absolute atomic E-state index is 11.7. The molecule has 1 aliphatic rings. The first-order valence-electron chi connectivity index (χ1n) is 4.33. The molecule has 1 amide bonds. The second-order valence-electron chi connectivity index (χ2n) is 2.88. The molecule has 1 fully saturated rings. The standard InChI is InChI=1S/C7H8N4O4S/c12-7-11(3-4-15-7)16(13,14)10-6-5-8-1-2-9-6/h1-2,5H,3-4H2,(H,9,10). The van der Waals surface area contributed by atoms with Crippen LogP contribution in [0.25, 0.3) is 0 Å². The van der Waals surface area contributed by atoms with Crippen LogP contribution in [0.2, 0.25) is 0 Å². The summed E-state index contributed by atoms with van der Waals surface area (Å²) in [6, 6.07) is 0. The number of carbonyl (C=O) groups excluding carboxylic acids is 1. The van der Waals surface area contributed by atoms with E-state index in [0.29, 0.717) is 4.31 Å². The number of hydrogen-bond donors (Lipinski definition) is 1. The Morgan fingerprint density at radius 2 is 2.25 bits per heavy atom.